The molecule has 1 aromatic carbocycles. The summed E-state index contributed by atoms with van der Waals surface area (Å²) in [6, 6.07) is 5.91. The molecular formula is C17H16N2O6. The monoisotopic (exact) mass is 344 g/mol. The molecule has 8 heteroatoms. The molecule has 130 valence electrons. The summed E-state index contributed by atoms with van der Waals surface area (Å²) in [5, 5.41) is 32.6. The average Bonchev–Trinajstić information content (AvgIpc) is 3.18. The van der Waals surface area contributed by atoms with Crippen LogP contribution in [0.25, 0.3) is 5.69 Å². The molecule has 2 N–H and O–H groups in total. The molecule has 4 rings (SSSR count). The van der Waals surface area contributed by atoms with Gasteiger partial charge in [-0.3, -0.25) is 14.9 Å². The van der Waals surface area contributed by atoms with Gasteiger partial charge in [0.25, 0.3) is 5.69 Å². The van der Waals surface area contributed by atoms with Crippen LogP contribution in [-0.2, 0) is 9.53 Å². The number of carbonyl (C=O) groups excluding carboxylic acids is 1. The second kappa shape index (κ2) is 5.23. The number of rotatable bonds is 3. The topological polar surface area (TPSA) is 115 Å². The summed E-state index contributed by atoms with van der Waals surface area (Å²) in [7, 11) is 0. The van der Waals surface area contributed by atoms with E-state index in [1.165, 1.54) is 25.1 Å². The molecule has 2 bridgehead atoms. The van der Waals surface area contributed by atoms with Crippen molar-refractivity contribution >= 4 is 11.7 Å². The van der Waals surface area contributed by atoms with Crippen LogP contribution in [0, 0.1) is 10.1 Å². The molecule has 0 saturated heterocycles. The number of nitrogens with zero attached hydrogens (tertiary/aromatic N) is 2. The van der Waals surface area contributed by atoms with Crippen LogP contribution >= 0.6 is 0 Å². The summed E-state index contributed by atoms with van der Waals surface area (Å²) in [6.45, 7) is 1.34. The number of para-hydroxylation sites is 2. The van der Waals surface area contributed by atoms with Gasteiger partial charge in [0.1, 0.15) is 11.8 Å². The van der Waals surface area contributed by atoms with Crippen molar-refractivity contribution in [2.75, 3.05) is 0 Å². The number of nitro benzene ring substituents is 1. The highest BCUT2D eigenvalue weighted by atomic mass is 16.6. The number of esters is 1. The second-order valence-corrected chi connectivity index (χ2v) is 6.48. The van der Waals surface area contributed by atoms with Gasteiger partial charge in [0.15, 0.2) is 0 Å². The molecule has 2 aromatic rings. The maximum absolute atomic E-state index is 11.3. The van der Waals surface area contributed by atoms with Crippen LogP contribution in [0.1, 0.15) is 42.7 Å². The summed E-state index contributed by atoms with van der Waals surface area (Å²) in [6.07, 6.45) is 0.911. The molecule has 0 spiro atoms. The maximum Gasteiger partial charge on any atom is 0.302 e. The lowest BCUT2D eigenvalue weighted by molar-refractivity contribution is -0.384. The molecule has 1 heterocycles. The number of aromatic nitrogens is 1. The fraction of sp³-hybridized carbons (Fsp3) is 0.353. The van der Waals surface area contributed by atoms with Crippen LogP contribution in [-0.4, -0.2) is 31.8 Å². The number of benzene rings is 1. The van der Waals surface area contributed by atoms with E-state index < -0.39 is 4.92 Å². The second-order valence-electron chi connectivity index (χ2n) is 6.48. The zero-order valence-electron chi connectivity index (χ0n) is 13.4. The van der Waals surface area contributed by atoms with Crippen LogP contribution in [0.5, 0.6) is 11.8 Å². The molecular weight excluding hydrogens is 328 g/mol. The lowest BCUT2D eigenvalue weighted by Gasteiger charge is -2.21. The van der Waals surface area contributed by atoms with Crippen LogP contribution in [0.3, 0.4) is 0 Å². The summed E-state index contributed by atoms with van der Waals surface area (Å²) in [5.41, 5.74) is 1.01. The molecule has 25 heavy (non-hydrogen) atoms. The molecule has 1 aromatic heterocycles. The Labute approximate surface area is 142 Å². The minimum absolute atomic E-state index is 0.0423. The quantitative estimate of drug-likeness (QED) is 0.502. The molecule has 0 aliphatic heterocycles. The van der Waals surface area contributed by atoms with Crippen molar-refractivity contribution in [3.63, 3.8) is 0 Å². The van der Waals surface area contributed by atoms with Crippen LogP contribution in [0.4, 0.5) is 5.69 Å². The Morgan fingerprint density at radius 1 is 1.24 bits per heavy atom. The number of fused-ring (bicyclic) bond motifs is 5. The third-order valence-corrected chi connectivity index (χ3v) is 5.12. The summed E-state index contributed by atoms with van der Waals surface area (Å²) >= 11 is 0. The van der Waals surface area contributed by atoms with Crippen molar-refractivity contribution in [1.82, 2.24) is 4.57 Å². The normalized spacial score (nSPS) is 23.5. The summed E-state index contributed by atoms with van der Waals surface area (Å²) < 4.78 is 6.43. The minimum Gasteiger partial charge on any atom is -0.494 e. The van der Waals surface area contributed by atoms with E-state index in [0.29, 0.717) is 24.0 Å². The third-order valence-electron chi connectivity index (χ3n) is 5.12. The zero-order chi connectivity index (χ0) is 17.9. The van der Waals surface area contributed by atoms with Gasteiger partial charge < -0.3 is 14.9 Å². The van der Waals surface area contributed by atoms with Gasteiger partial charge >= 0.3 is 5.97 Å². The van der Waals surface area contributed by atoms with E-state index in [2.05, 4.69) is 0 Å². The van der Waals surface area contributed by atoms with Crippen molar-refractivity contribution in [2.45, 2.75) is 37.7 Å². The predicted molar refractivity (Wildman–Crippen MR) is 86.0 cm³/mol. The van der Waals surface area contributed by atoms with E-state index >= 15 is 0 Å². The first kappa shape index (κ1) is 15.5. The average molecular weight is 344 g/mol. The van der Waals surface area contributed by atoms with Gasteiger partial charge in [-0.1, -0.05) is 12.1 Å². The lowest BCUT2D eigenvalue weighted by atomic mass is 9.92. The molecule has 0 amide bonds. The molecule has 0 radical (unpaired) electrons. The summed E-state index contributed by atoms with van der Waals surface area (Å²) in [5.74, 6) is -1.05. The Morgan fingerprint density at radius 3 is 2.60 bits per heavy atom. The molecule has 2 aliphatic carbocycles. The van der Waals surface area contributed by atoms with Crippen molar-refractivity contribution < 1.29 is 24.7 Å². The first-order valence-electron chi connectivity index (χ1n) is 7.97. The minimum atomic E-state index is -0.560. The third kappa shape index (κ3) is 2.10. The highest BCUT2D eigenvalue weighted by molar-refractivity contribution is 5.68. The Balaban J connectivity index is 1.86. The largest absolute Gasteiger partial charge is 0.494 e. The number of ether oxygens (including phenoxy) is 1. The molecule has 1 fully saturated rings. The number of aromatic hydroxyl groups is 2. The summed E-state index contributed by atoms with van der Waals surface area (Å²) in [4.78, 5) is 22.0. The fourth-order valence-corrected chi connectivity index (χ4v) is 4.27. The van der Waals surface area contributed by atoms with Gasteiger partial charge in [0.05, 0.1) is 4.92 Å². The van der Waals surface area contributed by atoms with Crippen molar-refractivity contribution in [2.24, 2.45) is 0 Å². The Bertz CT molecular complexity index is 903. The van der Waals surface area contributed by atoms with E-state index in [1.54, 1.807) is 6.07 Å². The molecule has 3 atom stereocenters. The standard InChI is InChI=1S/C17H16N2O6/c1-8(20)25-13-7-9-6-10(13)15-14(9)16(21)18(17(15)22)11-4-2-3-5-12(11)19(23)24/h2-5,9-10,13,21-22H,6-7H2,1H3. The SMILES string of the molecule is CC(=O)OC1CC2CC1c1c2c(O)n(-c2ccccc2[N+](=O)[O-])c1O. The predicted octanol–water partition coefficient (Wildman–Crippen LogP) is 2.70. The Kier molecular flexibility index (Phi) is 3.24. The van der Waals surface area contributed by atoms with Crippen molar-refractivity contribution in [3.8, 4) is 17.4 Å². The van der Waals surface area contributed by atoms with Crippen molar-refractivity contribution in [3.05, 3.63) is 45.5 Å². The van der Waals surface area contributed by atoms with Crippen LogP contribution < -0.4 is 0 Å². The molecule has 8 nitrogen and oxygen atoms in total. The highest BCUT2D eigenvalue weighted by Crippen LogP contribution is 2.61. The van der Waals surface area contributed by atoms with E-state index in [9.17, 15) is 25.1 Å². The first-order chi connectivity index (χ1) is 11.9. The van der Waals surface area contributed by atoms with Gasteiger partial charge in [-0.2, -0.15) is 0 Å². The van der Waals surface area contributed by atoms with Gasteiger partial charge in [-0.25, -0.2) is 4.57 Å². The van der Waals surface area contributed by atoms with E-state index in [4.69, 9.17) is 4.74 Å². The van der Waals surface area contributed by atoms with Gasteiger partial charge in [0.2, 0.25) is 11.8 Å². The van der Waals surface area contributed by atoms with Gasteiger partial charge in [-0.15, -0.1) is 0 Å². The number of carbonyl (C=O) groups is 1. The molecule has 3 unspecified atom stereocenters. The smallest absolute Gasteiger partial charge is 0.302 e. The van der Waals surface area contributed by atoms with Crippen LogP contribution in [0.2, 0.25) is 0 Å². The Hall–Kier alpha value is -3.03. The zero-order valence-corrected chi connectivity index (χ0v) is 13.4. The number of hydrogen-bond donors (Lipinski definition) is 2. The lowest BCUT2D eigenvalue weighted by Crippen LogP contribution is -2.21. The molecule has 1 saturated carbocycles. The highest BCUT2D eigenvalue weighted by Gasteiger charge is 2.51. The van der Waals surface area contributed by atoms with Gasteiger partial charge in [0, 0.05) is 30.0 Å². The number of hydrogen-bond acceptors (Lipinski definition) is 6. The Morgan fingerprint density at radius 2 is 1.92 bits per heavy atom. The fourth-order valence-electron chi connectivity index (χ4n) is 4.27. The van der Waals surface area contributed by atoms with Crippen molar-refractivity contribution in [1.29, 1.82) is 0 Å². The van der Waals surface area contributed by atoms with Gasteiger partial charge in [-0.05, 0) is 24.8 Å². The number of nitro groups is 1. The van der Waals surface area contributed by atoms with E-state index in [-0.39, 0.29) is 47.0 Å². The molecule has 2 aliphatic rings. The van der Waals surface area contributed by atoms with E-state index in [1.807, 2.05) is 0 Å². The van der Waals surface area contributed by atoms with E-state index in [0.717, 1.165) is 4.57 Å². The first-order valence-corrected chi connectivity index (χ1v) is 7.97. The maximum atomic E-state index is 11.3. The van der Waals surface area contributed by atoms with Crippen LogP contribution in [0.15, 0.2) is 24.3 Å².